The smallest absolute Gasteiger partial charge is 0 e. The molecule has 0 nitrogen and oxygen atoms in total. The minimum atomic E-state index is 0. The quantitative estimate of drug-likeness (QED) is 0.530. The van der Waals surface area contributed by atoms with Crippen molar-refractivity contribution in [2.75, 3.05) is 0 Å². The second kappa shape index (κ2) is 4.03. The first kappa shape index (κ1) is 11.0. The summed E-state index contributed by atoms with van der Waals surface area (Å²) in [4.78, 5) is 0. The Hall–Kier alpha value is 1.10. The molecule has 1 heteroatoms. The van der Waals surface area contributed by atoms with Gasteiger partial charge in [0.15, 0.2) is 0 Å². The minimum Gasteiger partial charge on any atom is -0.0649 e. The van der Waals surface area contributed by atoms with E-state index in [9.17, 15) is 0 Å². The van der Waals surface area contributed by atoms with Crippen molar-refractivity contribution in [1.82, 2.24) is 0 Å². The van der Waals surface area contributed by atoms with Crippen molar-refractivity contribution in [2.45, 2.75) is 34.1 Å². The Bertz CT molecular complexity index is 33.9. The summed E-state index contributed by atoms with van der Waals surface area (Å²) in [6.45, 7) is 8.94. The summed E-state index contributed by atoms with van der Waals surface area (Å²) in [7, 11) is 0. The van der Waals surface area contributed by atoms with Crippen LogP contribution in [0.1, 0.15) is 34.1 Å². The zero-order chi connectivity index (χ0) is 5.21. The molecular formula is C6H14Y. The molecule has 0 aromatic rings. The molecule has 0 heterocycles. The largest absolute Gasteiger partial charge is 0.0649 e. The normalized spacial score (nSPS) is 10.3. The van der Waals surface area contributed by atoms with E-state index in [2.05, 4.69) is 27.7 Å². The molecule has 41 valence electrons. The third-order valence-electron chi connectivity index (χ3n) is 1.06. The molecule has 0 aromatic heterocycles. The number of rotatable bonds is 0. The van der Waals surface area contributed by atoms with Crippen molar-refractivity contribution >= 4 is 0 Å². The molecule has 7 heavy (non-hydrogen) atoms. The maximum atomic E-state index is 2.24. The molecule has 0 saturated carbocycles. The van der Waals surface area contributed by atoms with Crippen molar-refractivity contribution in [2.24, 2.45) is 5.41 Å². The standard InChI is InChI=1S/C6H14.Y/c1-5-6(2,3)4;/h5H2,1-4H3;. The van der Waals surface area contributed by atoms with E-state index in [0.717, 1.165) is 0 Å². The van der Waals surface area contributed by atoms with E-state index in [0.29, 0.717) is 5.41 Å². The van der Waals surface area contributed by atoms with Crippen LogP contribution in [0.2, 0.25) is 0 Å². The van der Waals surface area contributed by atoms with Gasteiger partial charge in [-0.1, -0.05) is 34.1 Å². The minimum absolute atomic E-state index is 0. The van der Waals surface area contributed by atoms with Crippen molar-refractivity contribution in [3.8, 4) is 0 Å². The Labute approximate surface area is 71.9 Å². The van der Waals surface area contributed by atoms with Crippen LogP contribution in [0, 0.1) is 5.41 Å². The number of hydrogen-bond acceptors (Lipinski definition) is 0. The molecule has 0 fully saturated rings. The van der Waals surface area contributed by atoms with Crippen LogP contribution >= 0.6 is 0 Å². The topological polar surface area (TPSA) is 0 Å². The van der Waals surface area contributed by atoms with Crippen molar-refractivity contribution in [3.05, 3.63) is 0 Å². The van der Waals surface area contributed by atoms with Crippen LogP contribution in [0.5, 0.6) is 0 Å². The van der Waals surface area contributed by atoms with Gasteiger partial charge in [-0.25, -0.2) is 0 Å². The molecule has 0 aliphatic heterocycles. The average Bonchev–Trinajstić information content (AvgIpc) is 1.35. The molecule has 0 amide bonds. The summed E-state index contributed by atoms with van der Waals surface area (Å²) in [6.07, 6.45) is 1.27. The van der Waals surface area contributed by atoms with E-state index < -0.39 is 0 Å². The SMILES string of the molecule is CCC(C)(C)C.[Y]. The van der Waals surface area contributed by atoms with Gasteiger partial charge in [0.2, 0.25) is 0 Å². The third-order valence-corrected chi connectivity index (χ3v) is 1.06. The van der Waals surface area contributed by atoms with Gasteiger partial charge < -0.3 is 0 Å². The van der Waals surface area contributed by atoms with E-state index in [1.807, 2.05) is 0 Å². The van der Waals surface area contributed by atoms with Gasteiger partial charge >= 0.3 is 0 Å². The van der Waals surface area contributed by atoms with Crippen LogP contribution in [-0.4, -0.2) is 0 Å². The molecule has 0 spiro atoms. The molecule has 0 N–H and O–H groups in total. The van der Waals surface area contributed by atoms with E-state index in [1.54, 1.807) is 0 Å². The molecule has 0 aromatic carbocycles. The Morgan fingerprint density at radius 3 is 1.29 bits per heavy atom. The van der Waals surface area contributed by atoms with Crippen molar-refractivity contribution in [3.63, 3.8) is 0 Å². The van der Waals surface area contributed by atoms with Crippen molar-refractivity contribution < 1.29 is 32.7 Å². The van der Waals surface area contributed by atoms with E-state index in [-0.39, 0.29) is 32.7 Å². The van der Waals surface area contributed by atoms with E-state index in [1.165, 1.54) is 6.42 Å². The first-order valence-electron chi connectivity index (χ1n) is 2.56. The van der Waals surface area contributed by atoms with Crippen molar-refractivity contribution in [1.29, 1.82) is 0 Å². The summed E-state index contributed by atoms with van der Waals surface area (Å²) >= 11 is 0. The molecule has 1 radical (unpaired) electrons. The molecule has 0 saturated heterocycles. The fraction of sp³-hybridized carbons (Fsp3) is 1.00. The van der Waals surface area contributed by atoms with Crippen LogP contribution < -0.4 is 0 Å². The summed E-state index contributed by atoms with van der Waals surface area (Å²) in [5.74, 6) is 0. The first-order valence-corrected chi connectivity index (χ1v) is 2.56. The van der Waals surface area contributed by atoms with Gasteiger partial charge in [0.25, 0.3) is 0 Å². The maximum Gasteiger partial charge on any atom is 0 e. The van der Waals surface area contributed by atoms with Gasteiger partial charge in [-0.15, -0.1) is 0 Å². The van der Waals surface area contributed by atoms with Crippen LogP contribution in [0.4, 0.5) is 0 Å². The van der Waals surface area contributed by atoms with Gasteiger partial charge in [-0.05, 0) is 5.41 Å². The molecule has 0 rings (SSSR count). The fourth-order valence-electron chi connectivity index (χ4n) is 0. The predicted octanol–water partition coefficient (Wildman–Crippen LogP) is 2.44. The molecule has 0 bridgehead atoms. The van der Waals surface area contributed by atoms with Crippen LogP contribution in [0.3, 0.4) is 0 Å². The monoisotopic (exact) mass is 175 g/mol. The van der Waals surface area contributed by atoms with Gasteiger partial charge in [0, 0.05) is 32.7 Å². The number of hydrogen-bond donors (Lipinski definition) is 0. The summed E-state index contributed by atoms with van der Waals surface area (Å²) < 4.78 is 0. The summed E-state index contributed by atoms with van der Waals surface area (Å²) in [5, 5.41) is 0. The van der Waals surface area contributed by atoms with Crippen LogP contribution in [0.15, 0.2) is 0 Å². The molecule has 0 unspecified atom stereocenters. The molecule has 0 aliphatic rings. The summed E-state index contributed by atoms with van der Waals surface area (Å²) in [6, 6.07) is 0. The molecule has 0 aliphatic carbocycles. The van der Waals surface area contributed by atoms with E-state index in [4.69, 9.17) is 0 Å². The Balaban J connectivity index is 0. The predicted molar refractivity (Wildman–Crippen MR) is 29.7 cm³/mol. The van der Waals surface area contributed by atoms with Crippen LogP contribution in [0.25, 0.3) is 0 Å². The molecule has 0 atom stereocenters. The average molecular weight is 175 g/mol. The Morgan fingerprint density at radius 1 is 1.14 bits per heavy atom. The zero-order valence-electron chi connectivity index (χ0n) is 5.78. The Morgan fingerprint density at radius 2 is 1.29 bits per heavy atom. The summed E-state index contributed by atoms with van der Waals surface area (Å²) in [5.41, 5.74) is 0.542. The third kappa shape index (κ3) is 11.0. The zero-order valence-corrected chi connectivity index (χ0v) is 8.62. The van der Waals surface area contributed by atoms with Gasteiger partial charge in [0.05, 0.1) is 0 Å². The Kier molecular flexibility index (Phi) is 6.32. The maximum absolute atomic E-state index is 2.24. The fourth-order valence-corrected chi connectivity index (χ4v) is 0. The van der Waals surface area contributed by atoms with Gasteiger partial charge in [-0.2, -0.15) is 0 Å². The molecular weight excluding hydrogens is 161 g/mol. The van der Waals surface area contributed by atoms with Crippen LogP contribution in [-0.2, 0) is 32.7 Å². The van der Waals surface area contributed by atoms with Gasteiger partial charge in [-0.3, -0.25) is 0 Å². The van der Waals surface area contributed by atoms with Gasteiger partial charge in [0.1, 0.15) is 0 Å². The first-order chi connectivity index (χ1) is 2.56. The second-order valence-corrected chi connectivity index (χ2v) is 2.91. The van der Waals surface area contributed by atoms with E-state index >= 15 is 0 Å². The second-order valence-electron chi connectivity index (χ2n) is 2.91.